The van der Waals surface area contributed by atoms with E-state index in [1.54, 1.807) is 49.4 Å². The van der Waals surface area contributed by atoms with E-state index in [-0.39, 0.29) is 0 Å². The Hall–Kier alpha value is -5.43. The molecule has 1 atom stereocenters. The summed E-state index contributed by atoms with van der Waals surface area (Å²) in [6.07, 6.45) is 0.661. The van der Waals surface area contributed by atoms with E-state index in [1.807, 2.05) is 79.7 Å². The van der Waals surface area contributed by atoms with Crippen molar-refractivity contribution in [2.45, 2.75) is 26.6 Å². The van der Waals surface area contributed by atoms with Crippen LogP contribution in [0.15, 0.2) is 120 Å². The van der Waals surface area contributed by atoms with Crippen molar-refractivity contribution in [3.05, 3.63) is 138 Å². The number of amides is 1. The third-order valence-corrected chi connectivity index (χ3v) is 6.51. The number of carbonyl (C=O) groups is 2. The van der Waals surface area contributed by atoms with E-state index in [4.69, 9.17) is 14.2 Å². The molecule has 210 valence electrons. The molecule has 1 amide bonds. The molecule has 5 aromatic rings. The minimum absolute atomic E-state index is 0.331. The predicted octanol–water partition coefficient (Wildman–Crippen LogP) is 6.86. The SMILES string of the molecule is Cc1cccc(C(=O)Oc2ccc3ccccc3c2C=NNC(=O)C(C)Oc2ccc(OCc3ccccc3)cc2)c1. The van der Waals surface area contributed by atoms with Crippen molar-refractivity contribution < 1.29 is 23.8 Å². The first-order valence-electron chi connectivity index (χ1n) is 13.5. The number of hydrogen-bond donors (Lipinski definition) is 1. The molecule has 7 heteroatoms. The largest absolute Gasteiger partial charge is 0.489 e. The molecule has 0 aliphatic rings. The number of benzene rings is 5. The molecule has 0 saturated heterocycles. The first-order chi connectivity index (χ1) is 20.5. The Morgan fingerprint density at radius 3 is 2.36 bits per heavy atom. The van der Waals surface area contributed by atoms with Gasteiger partial charge >= 0.3 is 5.97 Å². The standard InChI is InChI=1S/C35H30N2O5/c1-24-9-8-13-28(21-24)35(39)42-33-20-15-27-12-6-7-14-31(27)32(33)22-36-37-34(38)25(2)41-30-18-16-29(17-19-30)40-23-26-10-4-3-5-11-26/h3-22,25H,23H2,1-2H3,(H,37,38). The molecule has 5 rings (SSSR count). The highest BCUT2D eigenvalue weighted by Crippen LogP contribution is 2.27. The normalized spacial score (nSPS) is 11.7. The Kier molecular flexibility index (Phi) is 8.89. The maximum Gasteiger partial charge on any atom is 0.343 e. The summed E-state index contributed by atoms with van der Waals surface area (Å²) in [5, 5.41) is 5.92. The van der Waals surface area contributed by atoms with Crippen LogP contribution in [-0.2, 0) is 11.4 Å². The molecule has 0 fully saturated rings. The summed E-state index contributed by atoms with van der Waals surface area (Å²) >= 11 is 0. The van der Waals surface area contributed by atoms with Gasteiger partial charge in [0.15, 0.2) is 6.10 Å². The van der Waals surface area contributed by atoms with Crippen LogP contribution in [0.2, 0.25) is 0 Å². The van der Waals surface area contributed by atoms with Crippen molar-refractivity contribution in [3.63, 3.8) is 0 Å². The highest BCUT2D eigenvalue weighted by molar-refractivity contribution is 6.04. The number of ether oxygens (including phenoxy) is 3. The molecule has 1 N–H and O–H groups in total. The van der Waals surface area contributed by atoms with Gasteiger partial charge in [0.05, 0.1) is 11.8 Å². The van der Waals surface area contributed by atoms with E-state index in [2.05, 4.69) is 10.5 Å². The maximum absolute atomic E-state index is 12.9. The van der Waals surface area contributed by atoms with Crippen molar-refractivity contribution in [1.82, 2.24) is 5.43 Å². The van der Waals surface area contributed by atoms with Gasteiger partial charge in [-0.05, 0) is 72.6 Å². The summed E-state index contributed by atoms with van der Waals surface area (Å²) in [7, 11) is 0. The number of nitrogens with one attached hydrogen (secondary N) is 1. The molecule has 0 bridgehead atoms. The Balaban J connectivity index is 1.23. The lowest BCUT2D eigenvalue weighted by atomic mass is 10.0. The van der Waals surface area contributed by atoms with E-state index >= 15 is 0 Å². The molecule has 0 aliphatic heterocycles. The van der Waals surface area contributed by atoms with Crippen molar-refractivity contribution in [1.29, 1.82) is 0 Å². The van der Waals surface area contributed by atoms with E-state index in [0.29, 0.717) is 35.0 Å². The summed E-state index contributed by atoms with van der Waals surface area (Å²) in [5.74, 6) is 0.632. The number of esters is 1. The van der Waals surface area contributed by atoms with Gasteiger partial charge in [-0.15, -0.1) is 0 Å². The maximum atomic E-state index is 12.9. The zero-order valence-corrected chi connectivity index (χ0v) is 23.3. The summed E-state index contributed by atoms with van der Waals surface area (Å²) in [5.41, 5.74) is 5.56. The van der Waals surface area contributed by atoms with Crippen LogP contribution in [-0.4, -0.2) is 24.2 Å². The summed E-state index contributed by atoms with van der Waals surface area (Å²) in [6.45, 7) is 4.01. The highest BCUT2D eigenvalue weighted by Gasteiger charge is 2.16. The molecule has 7 nitrogen and oxygen atoms in total. The van der Waals surface area contributed by atoms with E-state index < -0.39 is 18.0 Å². The summed E-state index contributed by atoms with van der Waals surface area (Å²) in [4.78, 5) is 25.6. The number of hydrazone groups is 1. The predicted molar refractivity (Wildman–Crippen MR) is 163 cm³/mol. The Labute approximate surface area is 244 Å². The zero-order chi connectivity index (χ0) is 29.3. The van der Waals surface area contributed by atoms with E-state index in [1.165, 1.54) is 6.21 Å². The van der Waals surface area contributed by atoms with Crippen LogP contribution < -0.4 is 19.6 Å². The second-order valence-corrected chi connectivity index (χ2v) is 9.70. The first-order valence-corrected chi connectivity index (χ1v) is 13.5. The highest BCUT2D eigenvalue weighted by atomic mass is 16.5. The van der Waals surface area contributed by atoms with Crippen molar-refractivity contribution in [2.75, 3.05) is 0 Å². The van der Waals surface area contributed by atoms with Crippen molar-refractivity contribution >= 4 is 28.9 Å². The van der Waals surface area contributed by atoms with Gasteiger partial charge in [0.25, 0.3) is 5.91 Å². The van der Waals surface area contributed by atoms with Crippen molar-refractivity contribution in [2.24, 2.45) is 5.10 Å². The van der Waals surface area contributed by atoms with Gasteiger partial charge in [0.2, 0.25) is 0 Å². The molecule has 1 unspecified atom stereocenters. The Morgan fingerprint density at radius 1 is 0.833 bits per heavy atom. The molecule has 5 aromatic carbocycles. The lowest BCUT2D eigenvalue weighted by Crippen LogP contribution is -2.33. The zero-order valence-electron chi connectivity index (χ0n) is 23.3. The molecular formula is C35H30N2O5. The van der Waals surface area contributed by atoms with Crippen LogP contribution >= 0.6 is 0 Å². The first kappa shape index (κ1) is 28.1. The molecule has 0 radical (unpaired) electrons. The molecule has 0 heterocycles. The lowest BCUT2D eigenvalue weighted by molar-refractivity contribution is -0.127. The van der Waals surface area contributed by atoms with Crippen LogP contribution in [0.25, 0.3) is 10.8 Å². The minimum Gasteiger partial charge on any atom is -0.489 e. The molecule has 42 heavy (non-hydrogen) atoms. The van der Waals surface area contributed by atoms with Gasteiger partial charge in [-0.2, -0.15) is 5.10 Å². The van der Waals surface area contributed by atoms with Crippen LogP contribution in [0, 0.1) is 6.92 Å². The van der Waals surface area contributed by atoms with Gasteiger partial charge in [0.1, 0.15) is 23.9 Å². The monoisotopic (exact) mass is 558 g/mol. The molecule has 0 saturated carbocycles. The molecular weight excluding hydrogens is 528 g/mol. The molecule has 0 aliphatic carbocycles. The van der Waals surface area contributed by atoms with Gasteiger partial charge in [-0.25, -0.2) is 10.2 Å². The molecule has 0 aromatic heterocycles. The van der Waals surface area contributed by atoms with Gasteiger partial charge in [0, 0.05) is 5.56 Å². The number of hydrogen-bond acceptors (Lipinski definition) is 6. The lowest BCUT2D eigenvalue weighted by Gasteiger charge is -2.14. The summed E-state index contributed by atoms with van der Waals surface area (Å²) < 4.78 is 17.3. The quantitative estimate of drug-likeness (QED) is 0.0876. The van der Waals surface area contributed by atoms with Crippen molar-refractivity contribution in [3.8, 4) is 17.2 Å². The van der Waals surface area contributed by atoms with Crippen LogP contribution in [0.4, 0.5) is 0 Å². The van der Waals surface area contributed by atoms with Crippen LogP contribution in [0.1, 0.15) is 34.0 Å². The average molecular weight is 559 g/mol. The number of rotatable bonds is 10. The number of aryl methyl sites for hydroxylation is 1. The Bertz CT molecular complexity index is 1720. The third kappa shape index (κ3) is 7.20. The Morgan fingerprint density at radius 2 is 1.57 bits per heavy atom. The second kappa shape index (κ2) is 13.3. The van der Waals surface area contributed by atoms with Gasteiger partial charge in [-0.3, -0.25) is 4.79 Å². The number of fused-ring (bicyclic) bond motifs is 1. The third-order valence-electron chi connectivity index (χ3n) is 6.51. The fraction of sp³-hybridized carbons (Fsp3) is 0.114. The molecule has 0 spiro atoms. The number of carbonyl (C=O) groups excluding carboxylic acids is 2. The minimum atomic E-state index is -0.815. The van der Waals surface area contributed by atoms with E-state index in [9.17, 15) is 9.59 Å². The fourth-order valence-corrected chi connectivity index (χ4v) is 4.29. The fourth-order valence-electron chi connectivity index (χ4n) is 4.29. The van der Waals surface area contributed by atoms with Crippen LogP contribution in [0.3, 0.4) is 0 Å². The van der Waals surface area contributed by atoms with Crippen LogP contribution in [0.5, 0.6) is 17.2 Å². The smallest absolute Gasteiger partial charge is 0.343 e. The second-order valence-electron chi connectivity index (χ2n) is 9.70. The van der Waals surface area contributed by atoms with E-state index in [0.717, 1.165) is 21.9 Å². The topological polar surface area (TPSA) is 86.2 Å². The van der Waals surface area contributed by atoms with Gasteiger partial charge < -0.3 is 14.2 Å². The average Bonchev–Trinajstić information content (AvgIpc) is 3.02. The number of nitrogens with zero attached hydrogens (tertiary/aromatic N) is 1. The summed E-state index contributed by atoms with van der Waals surface area (Å²) in [6, 6.07) is 35.4. The van der Waals surface area contributed by atoms with Gasteiger partial charge in [-0.1, -0.05) is 78.4 Å².